The second-order valence-corrected chi connectivity index (χ2v) is 11.6. The third kappa shape index (κ3) is 2.98. The lowest BCUT2D eigenvalue weighted by Crippen LogP contribution is -2.49. The molecule has 5 rings (SSSR count). The van der Waals surface area contributed by atoms with Gasteiger partial charge in [-0.1, -0.05) is 79.9 Å². The Morgan fingerprint density at radius 1 is 0.900 bits per heavy atom. The Morgan fingerprint density at radius 2 is 1.60 bits per heavy atom. The second kappa shape index (κ2) is 7.63. The Hall–Kier alpha value is -1.95. The molecule has 1 aliphatic heterocycles. The van der Waals surface area contributed by atoms with Gasteiger partial charge in [0.15, 0.2) is 0 Å². The van der Waals surface area contributed by atoms with E-state index in [0.29, 0.717) is 10.1 Å². The summed E-state index contributed by atoms with van der Waals surface area (Å²) in [5.41, 5.74) is 2.77. The maximum atomic E-state index is 14.1. The molecule has 0 spiro atoms. The smallest absolute Gasteiger partial charge is 0.206 e. The predicted molar refractivity (Wildman–Crippen MR) is 122 cm³/mol. The standard InChI is InChI=1S/C25H27NO2S2/c1-25(20-13-6-3-7-14-20)22-16-9-8-15-21(22)24(19-11-4-2-5-12-19)26(25)30(27,28)23-17-10-18-29-23/h2,4-5,8-12,15-18,20,24H,3,6-7,13-14H2,1H3. The number of nitrogens with zero attached hydrogens (tertiary/aromatic N) is 1. The predicted octanol–water partition coefficient (Wildman–Crippen LogP) is 6.34. The molecular weight excluding hydrogens is 410 g/mol. The summed E-state index contributed by atoms with van der Waals surface area (Å²) < 4.78 is 30.6. The molecule has 2 aliphatic rings. The van der Waals surface area contributed by atoms with Gasteiger partial charge in [0.25, 0.3) is 10.0 Å². The number of thiophene rings is 1. The molecular formula is C25H27NO2S2. The molecule has 2 aromatic carbocycles. The van der Waals surface area contributed by atoms with Gasteiger partial charge in [0.1, 0.15) is 4.21 Å². The Kier molecular flexibility index (Phi) is 5.08. The van der Waals surface area contributed by atoms with E-state index in [-0.39, 0.29) is 6.04 Å². The van der Waals surface area contributed by atoms with Crippen LogP contribution >= 0.6 is 11.3 Å². The SMILES string of the molecule is CC1(C2CCCCC2)c2ccccc2C(c2ccccc2)N1S(=O)(=O)c1cccs1. The van der Waals surface area contributed by atoms with Crippen molar-refractivity contribution in [2.24, 2.45) is 5.92 Å². The van der Waals surface area contributed by atoms with Crippen LogP contribution in [0.1, 0.15) is 61.8 Å². The quantitative estimate of drug-likeness (QED) is 0.478. The van der Waals surface area contributed by atoms with Gasteiger partial charge in [0.2, 0.25) is 0 Å². The van der Waals surface area contributed by atoms with E-state index in [0.717, 1.165) is 24.0 Å². The minimum absolute atomic E-state index is 0.304. The lowest BCUT2D eigenvalue weighted by atomic mass is 9.73. The van der Waals surface area contributed by atoms with Crippen LogP contribution < -0.4 is 0 Å². The second-order valence-electron chi connectivity index (χ2n) is 8.62. The number of hydrogen-bond acceptors (Lipinski definition) is 3. The number of benzene rings is 2. The third-order valence-electron chi connectivity index (χ3n) is 7.02. The average Bonchev–Trinajstić information content (AvgIpc) is 3.42. The molecule has 1 aromatic heterocycles. The van der Waals surface area contributed by atoms with E-state index in [1.54, 1.807) is 6.07 Å². The van der Waals surface area contributed by atoms with E-state index in [2.05, 4.69) is 37.3 Å². The molecule has 156 valence electrons. The van der Waals surface area contributed by atoms with E-state index < -0.39 is 15.6 Å². The molecule has 0 radical (unpaired) electrons. The summed E-state index contributed by atoms with van der Waals surface area (Å²) in [5.74, 6) is 0.316. The normalized spacial score (nSPS) is 25.3. The maximum absolute atomic E-state index is 14.1. The monoisotopic (exact) mass is 437 g/mol. The highest BCUT2D eigenvalue weighted by molar-refractivity contribution is 7.91. The first kappa shape index (κ1) is 20.0. The average molecular weight is 438 g/mol. The Labute approximate surface area is 183 Å². The molecule has 5 heteroatoms. The van der Waals surface area contributed by atoms with Crippen LogP contribution in [0.2, 0.25) is 0 Å². The van der Waals surface area contributed by atoms with E-state index in [9.17, 15) is 8.42 Å². The summed E-state index contributed by atoms with van der Waals surface area (Å²) in [6, 6.07) is 21.8. The molecule has 3 aromatic rings. The molecule has 30 heavy (non-hydrogen) atoms. The zero-order chi connectivity index (χ0) is 20.8. The van der Waals surface area contributed by atoms with Crippen molar-refractivity contribution in [3.63, 3.8) is 0 Å². The van der Waals surface area contributed by atoms with Crippen LogP contribution in [0.25, 0.3) is 0 Å². The van der Waals surface area contributed by atoms with Crippen LogP contribution in [0, 0.1) is 5.92 Å². The minimum atomic E-state index is -3.67. The van der Waals surface area contributed by atoms with Gasteiger partial charge in [-0.15, -0.1) is 11.3 Å². The first-order valence-corrected chi connectivity index (χ1v) is 13.1. The van der Waals surface area contributed by atoms with Gasteiger partial charge in [-0.3, -0.25) is 0 Å². The molecule has 0 N–H and O–H groups in total. The van der Waals surface area contributed by atoms with Crippen LogP contribution in [-0.4, -0.2) is 12.7 Å². The van der Waals surface area contributed by atoms with Crippen LogP contribution in [0.5, 0.6) is 0 Å². The van der Waals surface area contributed by atoms with Gasteiger partial charge < -0.3 is 0 Å². The van der Waals surface area contributed by atoms with Crippen LogP contribution in [0.3, 0.4) is 0 Å². The number of hydrogen-bond donors (Lipinski definition) is 0. The highest BCUT2D eigenvalue weighted by atomic mass is 32.2. The number of sulfonamides is 1. The van der Waals surface area contributed by atoms with Crippen molar-refractivity contribution in [3.8, 4) is 0 Å². The van der Waals surface area contributed by atoms with Crippen molar-refractivity contribution >= 4 is 21.4 Å². The Bertz CT molecular complexity index is 1120. The summed E-state index contributed by atoms with van der Waals surface area (Å²) in [5, 5.41) is 1.85. The summed E-state index contributed by atoms with van der Waals surface area (Å²) in [4.78, 5) is 0. The fourth-order valence-electron chi connectivity index (χ4n) is 5.62. The lowest BCUT2D eigenvalue weighted by molar-refractivity contribution is 0.0962. The van der Waals surface area contributed by atoms with E-state index >= 15 is 0 Å². The Morgan fingerprint density at radius 3 is 2.30 bits per heavy atom. The molecule has 0 saturated heterocycles. The first-order chi connectivity index (χ1) is 14.5. The van der Waals surface area contributed by atoms with Crippen molar-refractivity contribution in [2.45, 2.75) is 54.8 Å². The maximum Gasteiger partial charge on any atom is 0.254 e. The van der Waals surface area contributed by atoms with Gasteiger partial charge in [-0.05, 0) is 53.8 Å². The van der Waals surface area contributed by atoms with Gasteiger partial charge in [-0.2, -0.15) is 4.31 Å². The summed E-state index contributed by atoms with van der Waals surface area (Å²) >= 11 is 1.31. The largest absolute Gasteiger partial charge is 0.254 e. The molecule has 1 saturated carbocycles. The van der Waals surface area contributed by atoms with Crippen molar-refractivity contribution in [1.82, 2.24) is 4.31 Å². The van der Waals surface area contributed by atoms with Crippen molar-refractivity contribution in [3.05, 3.63) is 88.8 Å². The number of fused-ring (bicyclic) bond motifs is 1. The molecule has 3 nitrogen and oxygen atoms in total. The molecule has 1 fully saturated rings. The molecule has 2 atom stereocenters. The Balaban J connectivity index is 1.78. The molecule has 2 unspecified atom stereocenters. The molecule has 0 amide bonds. The van der Waals surface area contributed by atoms with Crippen LogP contribution in [0.4, 0.5) is 0 Å². The van der Waals surface area contributed by atoms with Gasteiger partial charge >= 0.3 is 0 Å². The zero-order valence-electron chi connectivity index (χ0n) is 17.2. The minimum Gasteiger partial charge on any atom is -0.206 e. The van der Waals surface area contributed by atoms with Crippen molar-refractivity contribution in [1.29, 1.82) is 0 Å². The summed E-state index contributed by atoms with van der Waals surface area (Å²) in [6.45, 7) is 2.18. The van der Waals surface area contributed by atoms with Gasteiger partial charge in [0, 0.05) is 0 Å². The third-order valence-corrected chi connectivity index (χ3v) is 10.4. The van der Waals surface area contributed by atoms with E-state index in [1.165, 1.54) is 36.2 Å². The van der Waals surface area contributed by atoms with E-state index in [4.69, 9.17) is 0 Å². The first-order valence-electron chi connectivity index (χ1n) is 10.8. The fourth-order valence-corrected chi connectivity index (χ4v) is 8.67. The lowest BCUT2D eigenvalue weighted by Gasteiger charge is -2.45. The molecule has 2 heterocycles. The van der Waals surface area contributed by atoms with Crippen LogP contribution in [-0.2, 0) is 15.6 Å². The number of rotatable bonds is 4. The summed E-state index contributed by atoms with van der Waals surface area (Å²) in [7, 11) is -3.67. The highest BCUT2D eigenvalue weighted by Gasteiger charge is 2.57. The van der Waals surface area contributed by atoms with E-state index in [1.807, 2.05) is 40.0 Å². The van der Waals surface area contributed by atoms with Gasteiger partial charge in [-0.25, -0.2) is 8.42 Å². The summed E-state index contributed by atoms with van der Waals surface area (Å²) in [6.07, 6.45) is 5.73. The zero-order valence-corrected chi connectivity index (χ0v) is 18.8. The topological polar surface area (TPSA) is 37.4 Å². The van der Waals surface area contributed by atoms with Crippen molar-refractivity contribution in [2.75, 3.05) is 0 Å². The fraction of sp³-hybridized carbons (Fsp3) is 0.360. The van der Waals surface area contributed by atoms with Crippen LogP contribution in [0.15, 0.2) is 76.3 Å². The van der Waals surface area contributed by atoms with Crippen molar-refractivity contribution < 1.29 is 8.42 Å². The highest BCUT2D eigenvalue weighted by Crippen LogP contribution is 2.57. The molecule has 0 bridgehead atoms. The van der Waals surface area contributed by atoms with Gasteiger partial charge in [0.05, 0.1) is 11.6 Å². The molecule has 1 aliphatic carbocycles.